The van der Waals surface area contributed by atoms with Crippen molar-refractivity contribution >= 4 is 28.3 Å². The van der Waals surface area contributed by atoms with E-state index in [4.69, 9.17) is 12.3 Å². The largest absolute Gasteiger partial charge is 0.411 e. The van der Waals surface area contributed by atoms with Crippen molar-refractivity contribution in [3.05, 3.63) is 0 Å². The van der Waals surface area contributed by atoms with Gasteiger partial charge in [-0.05, 0) is 37.4 Å². The summed E-state index contributed by atoms with van der Waals surface area (Å²) in [6.07, 6.45) is 2.94. The minimum atomic E-state index is -1.97. The number of carbonyl (C=O) groups is 2. The van der Waals surface area contributed by atoms with Crippen LogP contribution in [-0.4, -0.2) is 50.8 Å². The Labute approximate surface area is 123 Å². The number of carbonyl (C=O) groups excluding carboxylic acids is 2. The first-order chi connectivity index (χ1) is 9.05. The molecule has 0 spiro atoms. The van der Waals surface area contributed by atoms with Crippen molar-refractivity contribution in [2.24, 2.45) is 0 Å². The van der Waals surface area contributed by atoms with Gasteiger partial charge in [-0.3, -0.25) is 4.79 Å². The molecule has 2 aliphatic rings. The molecule has 110 valence electrons. The lowest BCUT2D eigenvalue weighted by atomic mass is 9.86. The number of amides is 1. The molecule has 2 rings (SSSR count). The van der Waals surface area contributed by atoms with E-state index >= 15 is 0 Å². The minimum Gasteiger partial charge on any atom is -0.411 e. The summed E-state index contributed by atoms with van der Waals surface area (Å²) >= 11 is 0. The molecular weight excluding hydrogens is 269 g/mol. The second kappa shape index (κ2) is 4.70. The van der Waals surface area contributed by atoms with Crippen molar-refractivity contribution < 1.29 is 14.0 Å². The lowest BCUT2D eigenvalue weighted by Crippen LogP contribution is -2.56. The highest BCUT2D eigenvalue weighted by atomic mass is 28.4. The van der Waals surface area contributed by atoms with Crippen LogP contribution in [0.1, 0.15) is 40.0 Å². The molecule has 2 fully saturated rings. The monoisotopic (exact) mass is 293 g/mol. The van der Waals surface area contributed by atoms with Gasteiger partial charge in [0.25, 0.3) is 0 Å². The van der Waals surface area contributed by atoms with Gasteiger partial charge in [0.15, 0.2) is 14.1 Å². The SMILES string of the molecule is [B]C(=O)N1C2CCC1(C=O)C(O[Si](C)(C)C(C)(C)C)C2. The molecule has 0 aromatic carbocycles. The van der Waals surface area contributed by atoms with Crippen LogP contribution in [0.25, 0.3) is 0 Å². The van der Waals surface area contributed by atoms with E-state index in [0.29, 0.717) is 6.42 Å². The average Bonchev–Trinajstić information content (AvgIpc) is 2.79. The van der Waals surface area contributed by atoms with Crippen molar-refractivity contribution in [1.29, 1.82) is 0 Å². The van der Waals surface area contributed by atoms with Gasteiger partial charge in [0, 0.05) is 6.04 Å². The number of hydrogen-bond acceptors (Lipinski definition) is 3. The summed E-state index contributed by atoms with van der Waals surface area (Å²) in [5.41, 5.74) is -0.827. The smallest absolute Gasteiger partial charge is 0.200 e. The van der Waals surface area contributed by atoms with Crippen LogP contribution in [0.3, 0.4) is 0 Å². The second-order valence-electron chi connectivity index (χ2n) is 7.61. The Bertz CT molecular complexity index is 435. The highest BCUT2D eigenvalue weighted by Gasteiger charge is 2.61. The van der Waals surface area contributed by atoms with Gasteiger partial charge in [-0.15, -0.1) is 0 Å². The Morgan fingerprint density at radius 1 is 1.45 bits per heavy atom. The maximum atomic E-state index is 11.7. The fourth-order valence-electron chi connectivity index (χ4n) is 3.24. The molecule has 2 saturated heterocycles. The molecule has 3 unspecified atom stereocenters. The van der Waals surface area contributed by atoms with E-state index in [-0.39, 0.29) is 17.2 Å². The second-order valence-corrected chi connectivity index (χ2v) is 12.4. The van der Waals surface area contributed by atoms with Gasteiger partial charge in [-0.1, -0.05) is 20.8 Å². The summed E-state index contributed by atoms with van der Waals surface area (Å²) in [4.78, 5) is 25.0. The molecule has 6 heteroatoms. The van der Waals surface area contributed by atoms with E-state index in [0.717, 1.165) is 19.1 Å². The summed E-state index contributed by atoms with van der Waals surface area (Å²) in [6.45, 7) is 10.9. The Morgan fingerprint density at radius 2 is 2.05 bits per heavy atom. The maximum Gasteiger partial charge on any atom is 0.200 e. The van der Waals surface area contributed by atoms with Crippen molar-refractivity contribution in [2.45, 2.75) is 75.9 Å². The molecule has 2 heterocycles. The van der Waals surface area contributed by atoms with Crippen LogP contribution >= 0.6 is 0 Å². The lowest BCUT2D eigenvalue weighted by Gasteiger charge is -2.43. The van der Waals surface area contributed by atoms with Gasteiger partial charge in [-0.2, -0.15) is 0 Å². The third-order valence-electron chi connectivity index (χ3n) is 5.42. The molecule has 3 atom stereocenters. The Kier molecular flexibility index (Phi) is 3.70. The fourth-order valence-corrected chi connectivity index (χ4v) is 4.60. The molecule has 0 aromatic heterocycles. The summed E-state index contributed by atoms with van der Waals surface area (Å²) in [5.74, 6) is -0.499. The van der Waals surface area contributed by atoms with Crippen LogP contribution in [0, 0.1) is 0 Å². The number of hydrogen-bond donors (Lipinski definition) is 0. The highest BCUT2D eigenvalue weighted by molar-refractivity contribution is 6.74. The molecule has 1 amide bonds. The van der Waals surface area contributed by atoms with E-state index < -0.39 is 19.7 Å². The van der Waals surface area contributed by atoms with E-state index in [1.807, 2.05) is 0 Å². The van der Waals surface area contributed by atoms with Gasteiger partial charge in [0.1, 0.15) is 11.8 Å². The Hall–Kier alpha value is -0.618. The predicted octanol–water partition coefficient (Wildman–Crippen LogP) is 2.47. The third-order valence-corrected chi connectivity index (χ3v) is 9.91. The molecule has 0 aromatic rings. The van der Waals surface area contributed by atoms with Crippen molar-refractivity contribution in [3.8, 4) is 0 Å². The summed E-state index contributed by atoms with van der Waals surface area (Å²) in [5, 5.41) is 0.0798. The van der Waals surface area contributed by atoms with E-state index in [1.54, 1.807) is 4.90 Å². The third kappa shape index (κ3) is 2.17. The maximum absolute atomic E-state index is 11.7. The number of aldehydes is 1. The molecule has 0 N–H and O–H groups in total. The normalized spacial score (nSPS) is 33.5. The van der Waals surface area contributed by atoms with E-state index in [9.17, 15) is 9.59 Å². The topological polar surface area (TPSA) is 46.6 Å². The predicted molar refractivity (Wildman–Crippen MR) is 81.5 cm³/mol. The highest BCUT2D eigenvalue weighted by Crippen LogP contribution is 2.49. The van der Waals surface area contributed by atoms with Gasteiger partial charge in [0.2, 0.25) is 7.85 Å². The zero-order valence-electron chi connectivity index (χ0n) is 13.1. The first kappa shape index (κ1) is 15.8. The Balaban J connectivity index is 2.27. The summed E-state index contributed by atoms with van der Waals surface area (Å²) < 4.78 is 6.43. The van der Waals surface area contributed by atoms with Gasteiger partial charge in [0.05, 0.1) is 6.10 Å². The van der Waals surface area contributed by atoms with Crippen molar-refractivity contribution in [2.75, 3.05) is 0 Å². The standard InChI is InChI=1S/C14H24BNO3Si/c1-13(2,3)20(4,5)19-11-8-10-6-7-14(11,9-17)16(10)12(15)18/h9-11H,6-8H2,1-5H3. The number of fused-ring (bicyclic) bond motifs is 2. The molecule has 2 radical (unpaired) electrons. The van der Waals surface area contributed by atoms with Crippen LogP contribution in [0.2, 0.25) is 18.1 Å². The van der Waals surface area contributed by atoms with Crippen molar-refractivity contribution in [3.63, 3.8) is 0 Å². The summed E-state index contributed by atoms with van der Waals surface area (Å²) in [6, 6.07) is 0.0625. The summed E-state index contributed by atoms with van der Waals surface area (Å²) in [7, 11) is 3.50. The number of nitrogens with zero attached hydrogens (tertiary/aromatic N) is 1. The van der Waals surface area contributed by atoms with Crippen LogP contribution in [0.4, 0.5) is 4.79 Å². The van der Waals surface area contributed by atoms with Crippen LogP contribution < -0.4 is 0 Å². The van der Waals surface area contributed by atoms with E-state index in [1.165, 1.54) is 0 Å². The molecular formula is C14H24BNO3Si. The van der Waals surface area contributed by atoms with Gasteiger partial charge < -0.3 is 14.1 Å². The zero-order valence-corrected chi connectivity index (χ0v) is 14.1. The molecule has 4 nitrogen and oxygen atoms in total. The lowest BCUT2D eigenvalue weighted by molar-refractivity contribution is -0.118. The first-order valence-corrected chi connectivity index (χ1v) is 10.2. The number of rotatable bonds is 3. The molecule has 0 saturated carbocycles. The first-order valence-electron chi connectivity index (χ1n) is 7.28. The quantitative estimate of drug-likeness (QED) is 0.593. The van der Waals surface area contributed by atoms with Crippen LogP contribution in [0.5, 0.6) is 0 Å². The minimum absolute atomic E-state index is 0.0625. The zero-order chi connectivity index (χ0) is 15.3. The van der Waals surface area contributed by atoms with Crippen LogP contribution in [-0.2, 0) is 9.22 Å². The van der Waals surface area contributed by atoms with Gasteiger partial charge in [-0.25, -0.2) is 0 Å². The van der Waals surface area contributed by atoms with Crippen LogP contribution in [0.15, 0.2) is 0 Å². The molecule has 0 aliphatic carbocycles. The molecule has 2 aliphatic heterocycles. The molecule has 2 bridgehead atoms. The van der Waals surface area contributed by atoms with E-state index in [2.05, 4.69) is 33.9 Å². The Morgan fingerprint density at radius 3 is 2.50 bits per heavy atom. The fraction of sp³-hybridized carbons (Fsp3) is 0.857. The van der Waals surface area contributed by atoms with Crippen molar-refractivity contribution in [1.82, 2.24) is 4.90 Å². The molecule has 20 heavy (non-hydrogen) atoms. The van der Waals surface area contributed by atoms with Gasteiger partial charge >= 0.3 is 0 Å². The average molecular weight is 293 g/mol.